The highest BCUT2D eigenvalue weighted by Gasteiger charge is 2.08. The third-order valence-corrected chi connectivity index (χ3v) is 2.29. The SMILES string of the molecule is Cc1ccnc(CCC[C@H](N)C(N)=O)c1. The van der Waals surface area contributed by atoms with Gasteiger partial charge in [0.2, 0.25) is 5.91 Å². The van der Waals surface area contributed by atoms with Crippen molar-refractivity contribution in [1.29, 1.82) is 0 Å². The van der Waals surface area contributed by atoms with Crippen molar-refractivity contribution in [3.63, 3.8) is 0 Å². The fourth-order valence-corrected chi connectivity index (χ4v) is 1.38. The molecule has 0 aromatic carbocycles. The van der Waals surface area contributed by atoms with Gasteiger partial charge in [-0.05, 0) is 43.9 Å². The zero-order valence-corrected chi connectivity index (χ0v) is 8.94. The summed E-state index contributed by atoms with van der Waals surface area (Å²) in [6, 6.07) is 3.46. The molecule has 82 valence electrons. The Kier molecular flexibility index (Phi) is 4.24. The number of nitrogens with two attached hydrogens (primary N) is 2. The van der Waals surface area contributed by atoms with Crippen LogP contribution in [0.5, 0.6) is 0 Å². The lowest BCUT2D eigenvalue weighted by atomic mass is 10.1. The van der Waals surface area contributed by atoms with Crippen LogP contribution in [0.1, 0.15) is 24.1 Å². The normalized spacial score (nSPS) is 12.4. The van der Waals surface area contributed by atoms with E-state index in [4.69, 9.17) is 11.5 Å². The average molecular weight is 207 g/mol. The van der Waals surface area contributed by atoms with Gasteiger partial charge >= 0.3 is 0 Å². The van der Waals surface area contributed by atoms with Gasteiger partial charge in [0.05, 0.1) is 6.04 Å². The summed E-state index contributed by atoms with van der Waals surface area (Å²) in [5, 5.41) is 0. The van der Waals surface area contributed by atoms with Crippen LogP contribution in [0.3, 0.4) is 0 Å². The number of pyridine rings is 1. The number of aromatic nitrogens is 1. The predicted molar refractivity (Wildman–Crippen MR) is 59.1 cm³/mol. The topological polar surface area (TPSA) is 82.0 Å². The van der Waals surface area contributed by atoms with Crippen LogP contribution < -0.4 is 11.5 Å². The highest BCUT2D eigenvalue weighted by atomic mass is 16.1. The van der Waals surface area contributed by atoms with Gasteiger partial charge in [0.15, 0.2) is 0 Å². The first kappa shape index (κ1) is 11.7. The monoisotopic (exact) mass is 207 g/mol. The Balaban J connectivity index is 2.35. The standard InChI is InChI=1S/C11H17N3O/c1-8-5-6-14-9(7-8)3-2-4-10(12)11(13)15/h5-7,10H,2-4,12H2,1H3,(H2,13,15)/t10-/m0/s1. The number of nitrogens with zero attached hydrogens (tertiary/aromatic N) is 1. The predicted octanol–water partition coefficient (Wildman–Crippen LogP) is 0.525. The second-order valence-corrected chi connectivity index (χ2v) is 3.73. The zero-order chi connectivity index (χ0) is 11.3. The molecule has 1 aromatic heterocycles. The zero-order valence-electron chi connectivity index (χ0n) is 8.94. The quantitative estimate of drug-likeness (QED) is 0.738. The number of carbonyl (C=O) groups is 1. The van der Waals surface area contributed by atoms with E-state index in [9.17, 15) is 4.79 Å². The van der Waals surface area contributed by atoms with E-state index in [1.165, 1.54) is 5.56 Å². The third-order valence-electron chi connectivity index (χ3n) is 2.29. The summed E-state index contributed by atoms with van der Waals surface area (Å²) < 4.78 is 0. The second kappa shape index (κ2) is 5.46. The maximum atomic E-state index is 10.7. The summed E-state index contributed by atoms with van der Waals surface area (Å²) in [5.74, 6) is -0.438. The molecule has 0 bridgehead atoms. The first-order valence-corrected chi connectivity index (χ1v) is 5.06. The lowest BCUT2D eigenvalue weighted by molar-refractivity contribution is -0.119. The molecule has 0 unspecified atom stereocenters. The van der Waals surface area contributed by atoms with E-state index in [1.807, 2.05) is 19.1 Å². The molecule has 1 aromatic rings. The number of aryl methyl sites for hydroxylation is 2. The van der Waals surface area contributed by atoms with Crippen LogP contribution in [0.4, 0.5) is 0 Å². The highest BCUT2D eigenvalue weighted by Crippen LogP contribution is 2.05. The van der Waals surface area contributed by atoms with Crippen molar-refractivity contribution < 1.29 is 4.79 Å². The van der Waals surface area contributed by atoms with Crippen molar-refractivity contribution in [3.8, 4) is 0 Å². The number of rotatable bonds is 5. The van der Waals surface area contributed by atoms with Crippen LogP contribution in [0.25, 0.3) is 0 Å². The van der Waals surface area contributed by atoms with Gasteiger partial charge in [-0.15, -0.1) is 0 Å². The van der Waals surface area contributed by atoms with E-state index in [-0.39, 0.29) is 0 Å². The van der Waals surface area contributed by atoms with Gasteiger partial charge in [0.1, 0.15) is 0 Å². The summed E-state index contributed by atoms with van der Waals surface area (Å²) in [7, 11) is 0. The summed E-state index contributed by atoms with van der Waals surface area (Å²) >= 11 is 0. The molecular formula is C11H17N3O. The molecular weight excluding hydrogens is 190 g/mol. The van der Waals surface area contributed by atoms with Crippen molar-refractivity contribution in [2.75, 3.05) is 0 Å². The smallest absolute Gasteiger partial charge is 0.234 e. The Morgan fingerprint density at radius 2 is 2.33 bits per heavy atom. The minimum absolute atomic E-state index is 0.438. The van der Waals surface area contributed by atoms with E-state index < -0.39 is 11.9 Å². The van der Waals surface area contributed by atoms with Gasteiger partial charge in [-0.3, -0.25) is 9.78 Å². The number of hydrogen-bond acceptors (Lipinski definition) is 3. The number of amides is 1. The van der Waals surface area contributed by atoms with Crippen LogP contribution in [0.15, 0.2) is 18.3 Å². The molecule has 0 saturated carbocycles. The molecule has 0 spiro atoms. The summed E-state index contributed by atoms with van der Waals surface area (Å²) in [4.78, 5) is 14.9. The van der Waals surface area contributed by atoms with E-state index in [0.29, 0.717) is 6.42 Å². The Hall–Kier alpha value is -1.42. The first-order valence-electron chi connectivity index (χ1n) is 5.06. The summed E-state index contributed by atoms with van der Waals surface area (Å²) in [5.41, 5.74) is 12.8. The highest BCUT2D eigenvalue weighted by molar-refractivity contribution is 5.79. The molecule has 4 N–H and O–H groups in total. The average Bonchev–Trinajstić information content (AvgIpc) is 2.17. The van der Waals surface area contributed by atoms with Gasteiger partial charge in [0, 0.05) is 11.9 Å². The molecule has 15 heavy (non-hydrogen) atoms. The molecule has 0 saturated heterocycles. The molecule has 0 fully saturated rings. The molecule has 4 heteroatoms. The Morgan fingerprint density at radius 3 is 2.93 bits per heavy atom. The van der Waals surface area contributed by atoms with Gasteiger partial charge in [-0.1, -0.05) is 0 Å². The Morgan fingerprint density at radius 1 is 1.60 bits per heavy atom. The third kappa shape index (κ3) is 4.08. The maximum Gasteiger partial charge on any atom is 0.234 e. The lowest BCUT2D eigenvalue weighted by Gasteiger charge is -2.06. The fraction of sp³-hybridized carbons (Fsp3) is 0.455. The summed E-state index contributed by atoms with van der Waals surface area (Å²) in [6.45, 7) is 2.03. The van der Waals surface area contributed by atoms with E-state index in [1.54, 1.807) is 6.20 Å². The van der Waals surface area contributed by atoms with Crippen LogP contribution in [0, 0.1) is 6.92 Å². The number of hydrogen-bond donors (Lipinski definition) is 2. The molecule has 0 radical (unpaired) electrons. The van der Waals surface area contributed by atoms with E-state index in [0.717, 1.165) is 18.5 Å². The minimum atomic E-state index is -0.533. The number of primary amides is 1. The van der Waals surface area contributed by atoms with E-state index >= 15 is 0 Å². The molecule has 4 nitrogen and oxygen atoms in total. The van der Waals surface area contributed by atoms with Crippen molar-refractivity contribution in [3.05, 3.63) is 29.6 Å². The second-order valence-electron chi connectivity index (χ2n) is 3.73. The molecule has 0 aliphatic carbocycles. The van der Waals surface area contributed by atoms with E-state index in [2.05, 4.69) is 4.98 Å². The van der Waals surface area contributed by atoms with Crippen molar-refractivity contribution >= 4 is 5.91 Å². The van der Waals surface area contributed by atoms with Gasteiger partial charge in [-0.25, -0.2) is 0 Å². The molecule has 0 aliphatic heterocycles. The van der Waals surface area contributed by atoms with Gasteiger partial charge in [0.25, 0.3) is 0 Å². The molecule has 1 amide bonds. The van der Waals surface area contributed by atoms with Crippen molar-refractivity contribution in [2.45, 2.75) is 32.2 Å². The Labute approximate surface area is 89.7 Å². The van der Waals surface area contributed by atoms with Gasteiger partial charge in [-0.2, -0.15) is 0 Å². The molecule has 1 atom stereocenters. The lowest BCUT2D eigenvalue weighted by Crippen LogP contribution is -2.36. The largest absolute Gasteiger partial charge is 0.368 e. The molecule has 1 heterocycles. The summed E-state index contributed by atoms with van der Waals surface area (Å²) in [6.07, 6.45) is 4.08. The number of carbonyl (C=O) groups excluding carboxylic acids is 1. The molecule has 1 rings (SSSR count). The minimum Gasteiger partial charge on any atom is -0.368 e. The van der Waals surface area contributed by atoms with Gasteiger partial charge < -0.3 is 11.5 Å². The van der Waals surface area contributed by atoms with Crippen molar-refractivity contribution in [2.24, 2.45) is 11.5 Å². The van der Waals surface area contributed by atoms with Crippen LogP contribution in [-0.2, 0) is 11.2 Å². The van der Waals surface area contributed by atoms with Crippen LogP contribution in [0.2, 0.25) is 0 Å². The Bertz CT molecular complexity index is 338. The van der Waals surface area contributed by atoms with Crippen LogP contribution >= 0.6 is 0 Å². The van der Waals surface area contributed by atoms with Crippen molar-refractivity contribution in [1.82, 2.24) is 4.98 Å². The van der Waals surface area contributed by atoms with Crippen LogP contribution in [-0.4, -0.2) is 16.9 Å². The first-order chi connectivity index (χ1) is 7.09. The fourth-order valence-electron chi connectivity index (χ4n) is 1.38. The molecule has 0 aliphatic rings. The maximum absolute atomic E-state index is 10.7.